The molecule has 3 aromatic carbocycles. The van der Waals surface area contributed by atoms with E-state index >= 15 is 0 Å². The number of aliphatic carboxylic acids is 1. The summed E-state index contributed by atoms with van der Waals surface area (Å²) >= 11 is 0. The monoisotopic (exact) mass is 563 g/mol. The van der Waals surface area contributed by atoms with E-state index < -0.39 is 48.3 Å². The molecular formula is C31H31F2N3O5. The number of likely N-dealkylation sites (N-methyl/N-ethyl adjacent to an activating group) is 1. The largest absolute Gasteiger partial charge is 0.481 e. The van der Waals surface area contributed by atoms with Crippen molar-refractivity contribution in [1.29, 1.82) is 0 Å². The van der Waals surface area contributed by atoms with Crippen molar-refractivity contribution in [3.63, 3.8) is 0 Å². The number of benzene rings is 3. The number of amides is 2. The number of carbonyl (C=O) groups is 3. The molecular weight excluding hydrogens is 532 g/mol. The molecule has 0 spiro atoms. The van der Waals surface area contributed by atoms with E-state index in [0.717, 1.165) is 27.8 Å². The lowest BCUT2D eigenvalue weighted by atomic mass is 9.98. The first-order chi connectivity index (χ1) is 19.7. The molecule has 0 aliphatic heterocycles. The van der Waals surface area contributed by atoms with E-state index in [4.69, 9.17) is 9.84 Å². The lowest BCUT2D eigenvalue weighted by Gasteiger charge is -2.25. The molecule has 1 saturated carbocycles. The number of nitrogens with one attached hydrogen (secondary N) is 2. The van der Waals surface area contributed by atoms with Crippen LogP contribution in [0.2, 0.25) is 0 Å². The van der Waals surface area contributed by atoms with Crippen LogP contribution in [0.25, 0.3) is 11.1 Å². The standard InChI is InChI=1S/C31H31F2N3O5/c1-36(16-19-9-3-2-4-10-19)17-26(28(37)34-15-25-27(29(38)39)31(25,32)33)35-30(40)41-18-24-22-13-7-5-11-20(22)21-12-6-8-14-23(21)24/h2-14,24-27H,15-18H2,1H3,(H,34,37)(H,35,40)(H,38,39)/t25-,26?,27-/m1/s1. The second kappa shape index (κ2) is 11.7. The van der Waals surface area contributed by atoms with Crippen LogP contribution in [0.3, 0.4) is 0 Å². The maximum atomic E-state index is 13.9. The minimum Gasteiger partial charge on any atom is -0.481 e. The Hall–Kier alpha value is -4.31. The van der Waals surface area contributed by atoms with Gasteiger partial charge in [0.05, 0.1) is 5.92 Å². The lowest BCUT2D eigenvalue weighted by Crippen LogP contribution is -2.52. The third-order valence-corrected chi connectivity index (χ3v) is 7.71. The number of alkyl halides is 2. The Morgan fingerprint density at radius 3 is 2.12 bits per heavy atom. The van der Waals surface area contributed by atoms with Gasteiger partial charge in [-0.1, -0.05) is 78.9 Å². The molecule has 8 nitrogen and oxygen atoms in total. The number of hydrogen-bond acceptors (Lipinski definition) is 5. The second-order valence-corrected chi connectivity index (χ2v) is 10.5. The van der Waals surface area contributed by atoms with Crippen molar-refractivity contribution >= 4 is 18.0 Å². The number of rotatable bonds is 11. The summed E-state index contributed by atoms with van der Waals surface area (Å²) in [5.41, 5.74) is 5.22. The Labute approximate surface area is 236 Å². The zero-order chi connectivity index (χ0) is 29.1. The van der Waals surface area contributed by atoms with Gasteiger partial charge in [0.1, 0.15) is 18.6 Å². The van der Waals surface area contributed by atoms with Crippen LogP contribution in [0.1, 0.15) is 22.6 Å². The third-order valence-electron chi connectivity index (χ3n) is 7.71. The van der Waals surface area contributed by atoms with Gasteiger partial charge in [0.2, 0.25) is 5.91 Å². The summed E-state index contributed by atoms with van der Waals surface area (Å²) in [6.45, 7) is 0.0594. The van der Waals surface area contributed by atoms with Crippen LogP contribution in [0.15, 0.2) is 78.9 Å². The van der Waals surface area contributed by atoms with Gasteiger partial charge in [-0.2, -0.15) is 0 Å². The van der Waals surface area contributed by atoms with Crippen molar-refractivity contribution in [3.8, 4) is 11.1 Å². The van der Waals surface area contributed by atoms with Crippen LogP contribution in [0.5, 0.6) is 0 Å². The Balaban J connectivity index is 1.24. The van der Waals surface area contributed by atoms with E-state index in [2.05, 4.69) is 10.6 Å². The predicted octanol–water partition coefficient (Wildman–Crippen LogP) is 4.11. The van der Waals surface area contributed by atoms with Crippen LogP contribution in [0, 0.1) is 11.8 Å². The van der Waals surface area contributed by atoms with Gasteiger partial charge in [0.15, 0.2) is 0 Å². The molecule has 0 radical (unpaired) electrons. The number of carboxylic acids is 1. The number of hydrogen-bond donors (Lipinski definition) is 3. The number of alkyl carbamates (subject to hydrolysis) is 1. The smallest absolute Gasteiger partial charge is 0.407 e. The maximum Gasteiger partial charge on any atom is 0.407 e. The van der Waals surface area contributed by atoms with Crippen molar-refractivity contribution in [3.05, 3.63) is 95.6 Å². The molecule has 2 aliphatic carbocycles. The molecule has 2 aliphatic rings. The number of fused-ring (bicyclic) bond motifs is 3. The van der Waals surface area contributed by atoms with Gasteiger partial charge in [-0.05, 0) is 34.9 Å². The first-order valence-corrected chi connectivity index (χ1v) is 13.4. The average Bonchev–Trinajstić information content (AvgIpc) is 3.37. The quantitative estimate of drug-likeness (QED) is 0.324. The minimum atomic E-state index is -3.39. The van der Waals surface area contributed by atoms with Crippen molar-refractivity contribution in [2.24, 2.45) is 11.8 Å². The van der Waals surface area contributed by atoms with E-state index in [1.807, 2.05) is 83.8 Å². The van der Waals surface area contributed by atoms with E-state index in [0.29, 0.717) is 6.54 Å². The highest BCUT2D eigenvalue weighted by atomic mass is 19.3. The van der Waals surface area contributed by atoms with Gasteiger partial charge in [-0.25, -0.2) is 13.6 Å². The Bertz CT molecular complexity index is 1390. The van der Waals surface area contributed by atoms with Gasteiger partial charge in [-0.15, -0.1) is 0 Å². The summed E-state index contributed by atoms with van der Waals surface area (Å²) < 4.78 is 33.3. The molecule has 5 rings (SSSR count). The predicted molar refractivity (Wildman–Crippen MR) is 147 cm³/mol. The average molecular weight is 564 g/mol. The van der Waals surface area contributed by atoms with Gasteiger partial charge >= 0.3 is 12.1 Å². The molecule has 41 heavy (non-hydrogen) atoms. The Morgan fingerprint density at radius 2 is 1.54 bits per heavy atom. The van der Waals surface area contributed by atoms with E-state index in [1.165, 1.54) is 0 Å². The zero-order valence-electron chi connectivity index (χ0n) is 22.4. The summed E-state index contributed by atoms with van der Waals surface area (Å²) in [6.07, 6.45) is -0.819. The number of nitrogens with zero attached hydrogens (tertiary/aromatic N) is 1. The van der Waals surface area contributed by atoms with Crippen molar-refractivity contribution in [1.82, 2.24) is 15.5 Å². The molecule has 1 fully saturated rings. The molecule has 0 saturated heterocycles. The molecule has 0 aromatic heterocycles. The van der Waals surface area contributed by atoms with Crippen LogP contribution >= 0.6 is 0 Å². The van der Waals surface area contributed by atoms with E-state index in [9.17, 15) is 23.2 Å². The second-order valence-electron chi connectivity index (χ2n) is 10.5. The molecule has 2 amide bonds. The van der Waals surface area contributed by atoms with Crippen LogP contribution in [-0.4, -0.2) is 66.7 Å². The molecule has 3 N–H and O–H groups in total. The van der Waals surface area contributed by atoms with Crippen molar-refractivity contribution in [2.45, 2.75) is 24.4 Å². The fourth-order valence-electron chi connectivity index (χ4n) is 5.56. The molecule has 214 valence electrons. The van der Waals surface area contributed by atoms with Crippen molar-refractivity contribution in [2.75, 3.05) is 26.7 Å². The normalized spacial score (nSPS) is 19.1. The van der Waals surface area contributed by atoms with Gasteiger partial charge in [-0.3, -0.25) is 14.5 Å². The first kappa shape index (κ1) is 28.2. The SMILES string of the molecule is CN(Cc1ccccc1)CC(NC(=O)OCC1c2ccccc2-c2ccccc21)C(=O)NC[C@@H]1[C@H](C(=O)O)C1(F)F. The Morgan fingerprint density at radius 1 is 0.951 bits per heavy atom. The number of halogens is 2. The molecule has 1 unspecified atom stereocenters. The van der Waals surface area contributed by atoms with Crippen molar-refractivity contribution < 1.29 is 33.0 Å². The van der Waals surface area contributed by atoms with Gasteiger partial charge in [0.25, 0.3) is 5.92 Å². The van der Waals surface area contributed by atoms with Gasteiger partial charge in [0, 0.05) is 25.6 Å². The molecule has 10 heteroatoms. The van der Waals surface area contributed by atoms with Crippen LogP contribution in [0.4, 0.5) is 13.6 Å². The fourth-order valence-corrected chi connectivity index (χ4v) is 5.56. The summed E-state index contributed by atoms with van der Waals surface area (Å²) in [6, 6.07) is 24.2. The summed E-state index contributed by atoms with van der Waals surface area (Å²) in [4.78, 5) is 38.9. The zero-order valence-corrected chi connectivity index (χ0v) is 22.4. The Kier molecular flexibility index (Phi) is 8.03. The van der Waals surface area contributed by atoms with Gasteiger partial charge < -0.3 is 20.5 Å². The summed E-state index contributed by atoms with van der Waals surface area (Å²) in [5.74, 6) is -9.21. The molecule has 0 bridgehead atoms. The summed E-state index contributed by atoms with van der Waals surface area (Å²) in [7, 11) is 1.77. The highest BCUT2D eigenvalue weighted by molar-refractivity contribution is 5.86. The highest BCUT2D eigenvalue weighted by Crippen LogP contribution is 2.54. The van der Waals surface area contributed by atoms with Crippen LogP contribution in [-0.2, 0) is 20.9 Å². The molecule has 0 heterocycles. The molecule has 3 aromatic rings. The number of carbonyl (C=O) groups excluding carboxylic acids is 2. The van der Waals surface area contributed by atoms with E-state index in [1.54, 1.807) is 7.05 Å². The highest BCUT2D eigenvalue weighted by Gasteiger charge is 2.72. The maximum absolute atomic E-state index is 13.9. The summed E-state index contributed by atoms with van der Waals surface area (Å²) in [5, 5.41) is 14.0. The fraction of sp³-hybridized carbons (Fsp3) is 0.323. The number of carboxylic acid groups (broad SMARTS) is 1. The molecule has 3 atom stereocenters. The minimum absolute atomic E-state index is 0.0443. The van der Waals surface area contributed by atoms with E-state index in [-0.39, 0.29) is 19.1 Å². The first-order valence-electron chi connectivity index (χ1n) is 13.4. The lowest BCUT2D eigenvalue weighted by molar-refractivity contribution is -0.141. The number of ether oxygens (including phenoxy) is 1. The third kappa shape index (κ3) is 6.07. The van der Waals surface area contributed by atoms with Crippen LogP contribution < -0.4 is 10.6 Å². The topological polar surface area (TPSA) is 108 Å².